The van der Waals surface area contributed by atoms with E-state index in [0.717, 1.165) is 27.1 Å². The molecule has 5 rings (SSSR count). The van der Waals surface area contributed by atoms with Crippen molar-refractivity contribution in [3.05, 3.63) is 123 Å². The Morgan fingerprint density at radius 1 is 0.973 bits per heavy atom. The van der Waals surface area contributed by atoms with E-state index in [-0.39, 0.29) is 17.9 Å². The van der Waals surface area contributed by atoms with E-state index in [0.29, 0.717) is 17.9 Å². The molecule has 0 spiro atoms. The van der Waals surface area contributed by atoms with Gasteiger partial charge in [0.2, 0.25) is 0 Å². The number of hydrogen-bond acceptors (Lipinski definition) is 6. The van der Waals surface area contributed by atoms with Crippen molar-refractivity contribution in [2.75, 3.05) is 0 Å². The van der Waals surface area contributed by atoms with E-state index in [1.54, 1.807) is 30.6 Å². The molecular formula is C30H26N2O4S. The molecule has 1 amide bonds. The van der Waals surface area contributed by atoms with E-state index < -0.39 is 17.7 Å². The van der Waals surface area contributed by atoms with Gasteiger partial charge in [-0.1, -0.05) is 30.3 Å². The number of rotatable bonds is 7. The van der Waals surface area contributed by atoms with Gasteiger partial charge in [-0.05, 0) is 77.9 Å². The number of ether oxygens (including phenoxy) is 1. The number of Topliss-reactive ketones (excluding diaryl/α,β-unsaturated/α-hetero) is 1. The third-order valence-corrected chi connectivity index (χ3v) is 7.55. The van der Waals surface area contributed by atoms with Gasteiger partial charge in [-0.25, -0.2) is 0 Å². The predicted molar refractivity (Wildman–Crippen MR) is 143 cm³/mol. The second-order valence-electron chi connectivity index (χ2n) is 9.00. The summed E-state index contributed by atoms with van der Waals surface area (Å²) >= 11 is 1.47. The van der Waals surface area contributed by atoms with Gasteiger partial charge in [-0.2, -0.15) is 0 Å². The number of benzene rings is 2. The van der Waals surface area contributed by atoms with Gasteiger partial charge >= 0.3 is 0 Å². The largest absolute Gasteiger partial charge is 0.507 e. The molecule has 1 aliphatic rings. The highest BCUT2D eigenvalue weighted by Crippen LogP contribution is 2.43. The minimum absolute atomic E-state index is 0.0990. The standard InChI is InChI=1S/C30H26N2O4S/c1-19-12-15-37-29(19)26-25(28(34)30(35)32(26)17-21-10-13-31-14-11-21)27(33)23-8-9-24(20(2)16-23)36-18-22-6-4-3-5-7-22/h3-16,26,33H,17-18H2,1-2H3/b27-25-. The van der Waals surface area contributed by atoms with E-state index in [9.17, 15) is 14.7 Å². The smallest absolute Gasteiger partial charge is 0.295 e. The number of thiophene rings is 1. The van der Waals surface area contributed by atoms with Gasteiger partial charge < -0.3 is 14.7 Å². The first-order valence-electron chi connectivity index (χ1n) is 11.9. The number of likely N-dealkylation sites (tertiary alicyclic amines) is 1. The summed E-state index contributed by atoms with van der Waals surface area (Å²) < 4.78 is 5.97. The van der Waals surface area contributed by atoms with Crippen LogP contribution in [0.3, 0.4) is 0 Å². The molecule has 1 saturated heterocycles. The number of carbonyl (C=O) groups is 2. The van der Waals surface area contributed by atoms with E-state index in [1.165, 1.54) is 16.2 Å². The Morgan fingerprint density at radius 3 is 2.41 bits per heavy atom. The lowest BCUT2D eigenvalue weighted by Gasteiger charge is -2.25. The van der Waals surface area contributed by atoms with Crippen LogP contribution in [0.4, 0.5) is 0 Å². The lowest BCUT2D eigenvalue weighted by molar-refractivity contribution is -0.140. The average molecular weight is 511 g/mol. The Hall–Kier alpha value is -4.23. The van der Waals surface area contributed by atoms with E-state index >= 15 is 0 Å². The van der Waals surface area contributed by atoms with Crippen molar-refractivity contribution in [2.45, 2.75) is 33.0 Å². The molecule has 186 valence electrons. The topological polar surface area (TPSA) is 79.7 Å². The molecule has 2 aromatic carbocycles. The zero-order valence-corrected chi connectivity index (χ0v) is 21.4. The summed E-state index contributed by atoms with van der Waals surface area (Å²) in [4.78, 5) is 32.9. The minimum Gasteiger partial charge on any atom is -0.507 e. The van der Waals surface area contributed by atoms with Gasteiger partial charge in [0.15, 0.2) is 0 Å². The third kappa shape index (κ3) is 4.90. The summed E-state index contributed by atoms with van der Waals surface area (Å²) in [6.45, 7) is 4.49. The Kier molecular flexibility index (Phi) is 6.88. The molecule has 6 nitrogen and oxygen atoms in total. The third-order valence-electron chi connectivity index (χ3n) is 6.48. The quantitative estimate of drug-likeness (QED) is 0.189. The summed E-state index contributed by atoms with van der Waals surface area (Å²) in [5, 5.41) is 13.3. The molecule has 0 bridgehead atoms. The highest BCUT2D eigenvalue weighted by Gasteiger charge is 2.47. The normalized spacial score (nSPS) is 16.8. The van der Waals surface area contributed by atoms with Crippen molar-refractivity contribution in [3.8, 4) is 5.75 Å². The Labute approximate surface area is 219 Å². The highest BCUT2D eigenvalue weighted by atomic mass is 32.1. The van der Waals surface area contributed by atoms with Gasteiger partial charge in [0.05, 0.1) is 5.57 Å². The number of hydrogen-bond donors (Lipinski definition) is 1. The monoisotopic (exact) mass is 510 g/mol. The molecule has 1 aliphatic heterocycles. The molecule has 0 saturated carbocycles. The molecule has 1 atom stereocenters. The Bertz CT molecular complexity index is 1480. The summed E-state index contributed by atoms with van der Waals surface area (Å²) in [6.07, 6.45) is 3.31. The molecule has 3 heterocycles. The summed E-state index contributed by atoms with van der Waals surface area (Å²) in [7, 11) is 0. The number of aromatic nitrogens is 1. The average Bonchev–Trinajstić information content (AvgIpc) is 3.44. The number of amides is 1. The van der Waals surface area contributed by atoms with Crippen LogP contribution < -0.4 is 4.74 Å². The number of pyridine rings is 1. The fraction of sp³-hybridized carbons (Fsp3) is 0.167. The lowest BCUT2D eigenvalue weighted by atomic mass is 9.97. The number of ketones is 1. The molecule has 2 aromatic heterocycles. The summed E-state index contributed by atoms with van der Waals surface area (Å²) in [6, 6.07) is 20.1. The molecule has 0 radical (unpaired) electrons. The summed E-state index contributed by atoms with van der Waals surface area (Å²) in [5.41, 5.74) is 4.24. The second kappa shape index (κ2) is 10.4. The van der Waals surface area contributed by atoms with E-state index in [1.807, 2.05) is 67.8 Å². The van der Waals surface area contributed by atoms with Crippen molar-refractivity contribution in [1.29, 1.82) is 0 Å². The number of aliphatic hydroxyl groups is 1. The van der Waals surface area contributed by atoms with Crippen molar-refractivity contribution < 1.29 is 19.4 Å². The minimum atomic E-state index is -0.689. The maximum atomic E-state index is 13.3. The molecule has 1 N–H and O–H groups in total. The van der Waals surface area contributed by atoms with Gasteiger partial charge in [-0.3, -0.25) is 14.6 Å². The predicted octanol–water partition coefficient (Wildman–Crippen LogP) is 5.96. The molecule has 0 aliphatic carbocycles. The van der Waals surface area contributed by atoms with Crippen LogP contribution in [0.15, 0.2) is 90.1 Å². The van der Waals surface area contributed by atoms with Gasteiger partial charge in [0.1, 0.15) is 24.2 Å². The van der Waals surface area contributed by atoms with Crippen LogP contribution >= 0.6 is 11.3 Å². The Morgan fingerprint density at radius 2 is 1.73 bits per heavy atom. The molecular weight excluding hydrogens is 484 g/mol. The van der Waals surface area contributed by atoms with Crippen LogP contribution in [0.2, 0.25) is 0 Å². The van der Waals surface area contributed by atoms with Crippen LogP contribution in [0, 0.1) is 13.8 Å². The number of carbonyl (C=O) groups excluding carboxylic acids is 2. The van der Waals surface area contributed by atoms with Gasteiger partial charge in [0, 0.05) is 29.4 Å². The van der Waals surface area contributed by atoms with Crippen molar-refractivity contribution >= 4 is 28.8 Å². The summed E-state index contributed by atoms with van der Waals surface area (Å²) in [5.74, 6) is -0.822. The zero-order chi connectivity index (χ0) is 25.9. The first-order chi connectivity index (χ1) is 17.9. The fourth-order valence-corrected chi connectivity index (χ4v) is 5.56. The van der Waals surface area contributed by atoms with Crippen LogP contribution in [0.25, 0.3) is 5.76 Å². The Balaban J connectivity index is 1.51. The molecule has 1 unspecified atom stereocenters. The number of aryl methyl sites for hydroxylation is 2. The lowest BCUT2D eigenvalue weighted by Crippen LogP contribution is -2.29. The van der Waals surface area contributed by atoms with Crippen LogP contribution in [-0.4, -0.2) is 26.7 Å². The molecule has 37 heavy (non-hydrogen) atoms. The number of aliphatic hydroxyl groups excluding tert-OH is 1. The maximum absolute atomic E-state index is 13.3. The molecule has 1 fully saturated rings. The highest BCUT2D eigenvalue weighted by molar-refractivity contribution is 7.10. The zero-order valence-electron chi connectivity index (χ0n) is 20.5. The van der Waals surface area contributed by atoms with Crippen LogP contribution in [0.1, 0.15) is 38.7 Å². The first kappa shape index (κ1) is 24.5. The van der Waals surface area contributed by atoms with Crippen LogP contribution in [-0.2, 0) is 22.7 Å². The van der Waals surface area contributed by atoms with E-state index in [2.05, 4.69) is 4.98 Å². The van der Waals surface area contributed by atoms with Crippen molar-refractivity contribution in [1.82, 2.24) is 9.88 Å². The second-order valence-corrected chi connectivity index (χ2v) is 9.95. The van der Waals surface area contributed by atoms with Crippen molar-refractivity contribution in [3.63, 3.8) is 0 Å². The van der Waals surface area contributed by atoms with Gasteiger partial charge in [0.25, 0.3) is 11.7 Å². The molecule has 4 aromatic rings. The number of nitrogens with zero attached hydrogens (tertiary/aromatic N) is 2. The van der Waals surface area contributed by atoms with E-state index in [4.69, 9.17) is 4.74 Å². The van der Waals surface area contributed by atoms with Gasteiger partial charge in [-0.15, -0.1) is 11.3 Å². The molecule has 7 heteroatoms. The first-order valence-corrected chi connectivity index (χ1v) is 12.8. The SMILES string of the molecule is Cc1cc(/C(O)=C2/C(=O)C(=O)N(Cc3ccncc3)C2c2sccc2C)ccc1OCc1ccccc1. The van der Waals surface area contributed by atoms with Crippen LogP contribution in [0.5, 0.6) is 5.75 Å². The van der Waals surface area contributed by atoms with Crippen molar-refractivity contribution in [2.24, 2.45) is 0 Å². The fourth-order valence-electron chi connectivity index (χ4n) is 4.51. The maximum Gasteiger partial charge on any atom is 0.295 e.